The van der Waals surface area contributed by atoms with Gasteiger partial charge in [0.25, 0.3) is 0 Å². The average Bonchev–Trinajstić information content (AvgIpc) is 2.68. The molecule has 0 aromatic heterocycles. The van der Waals surface area contributed by atoms with Crippen molar-refractivity contribution in [3.63, 3.8) is 0 Å². The molecule has 152 valence electrons. The highest BCUT2D eigenvalue weighted by Gasteiger charge is 2.19. The van der Waals surface area contributed by atoms with Gasteiger partial charge in [-0.25, -0.2) is 0 Å². The molecule has 6 nitrogen and oxygen atoms in total. The van der Waals surface area contributed by atoms with Crippen LogP contribution in [0.1, 0.15) is 25.3 Å². The van der Waals surface area contributed by atoms with Crippen LogP contribution in [0.5, 0.6) is 0 Å². The maximum absolute atomic E-state index is 12.2. The van der Waals surface area contributed by atoms with Gasteiger partial charge in [0, 0.05) is 61.6 Å². The van der Waals surface area contributed by atoms with Gasteiger partial charge in [-0.2, -0.15) is 0 Å². The Kier molecular flexibility index (Phi) is 10.4. The summed E-state index contributed by atoms with van der Waals surface area (Å²) in [6, 6.07) is 10.4. The van der Waals surface area contributed by atoms with E-state index in [1.165, 1.54) is 0 Å². The van der Waals surface area contributed by atoms with Crippen LogP contribution in [-0.4, -0.2) is 73.3 Å². The molecule has 0 saturated carbocycles. The molecule has 2 N–H and O–H groups in total. The summed E-state index contributed by atoms with van der Waals surface area (Å²) >= 11 is 0. The van der Waals surface area contributed by atoms with Crippen molar-refractivity contribution in [2.45, 2.75) is 31.6 Å². The zero-order chi connectivity index (χ0) is 19.3. The van der Waals surface area contributed by atoms with Gasteiger partial charge in [0.1, 0.15) is 0 Å². The molecule has 7 heteroatoms. The molecule has 0 amide bonds. The summed E-state index contributed by atoms with van der Waals surface area (Å²) in [6.45, 7) is 7.43. The first-order valence-electron chi connectivity index (χ1n) is 9.86. The van der Waals surface area contributed by atoms with Gasteiger partial charge in [-0.1, -0.05) is 30.3 Å². The highest BCUT2D eigenvalue weighted by atomic mass is 32.2. The lowest BCUT2D eigenvalue weighted by atomic mass is 10.1. The van der Waals surface area contributed by atoms with Crippen LogP contribution in [0.15, 0.2) is 35.3 Å². The third-order valence-corrected chi connectivity index (χ3v) is 5.94. The van der Waals surface area contributed by atoms with Gasteiger partial charge in [0.2, 0.25) is 0 Å². The Morgan fingerprint density at radius 3 is 2.70 bits per heavy atom. The fourth-order valence-electron chi connectivity index (χ4n) is 3.13. The molecule has 1 aromatic rings. The number of piperidine rings is 1. The molecule has 1 aliphatic rings. The number of aliphatic imine (C=N–C) groups is 1. The minimum Gasteiger partial charge on any atom is -0.383 e. The molecule has 0 bridgehead atoms. The average molecular weight is 395 g/mol. The molecular formula is C20H34N4O2S. The summed E-state index contributed by atoms with van der Waals surface area (Å²) in [7, 11) is 0.863. The standard InChI is InChI=1S/C20H34N4O2S/c1-3-21-20(23-19-9-12-24(13-10-19)14-15-26-2)22-11-16-27(25)17-18-7-5-4-6-8-18/h4-8,19H,3,9-17H2,1-2H3,(H2,21,22,23). The van der Waals surface area contributed by atoms with Crippen molar-refractivity contribution in [3.8, 4) is 0 Å². The number of methoxy groups -OCH3 is 1. The highest BCUT2D eigenvalue weighted by molar-refractivity contribution is 7.84. The first-order chi connectivity index (χ1) is 13.2. The number of hydrogen-bond donors (Lipinski definition) is 2. The summed E-state index contributed by atoms with van der Waals surface area (Å²) in [6.07, 6.45) is 2.21. The third kappa shape index (κ3) is 8.86. The molecule has 1 atom stereocenters. The number of ether oxygens (including phenoxy) is 1. The van der Waals surface area contributed by atoms with Crippen molar-refractivity contribution in [2.75, 3.05) is 52.2 Å². The van der Waals surface area contributed by atoms with Crippen LogP contribution in [0, 0.1) is 0 Å². The van der Waals surface area contributed by atoms with Gasteiger partial charge in [-0.15, -0.1) is 0 Å². The number of nitrogens with zero attached hydrogens (tertiary/aromatic N) is 2. The van der Waals surface area contributed by atoms with E-state index in [0.29, 0.717) is 24.1 Å². The van der Waals surface area contributed by atoms with E-state index in [9.17, 15) is 4.21 Å². The molecule has 1 heterocycles. The van der Waals surface area contributed by atoms with Gasteiger partial charge in [0.05, 0.1) is 13.2 Å². The van der Waals surface area contributed by atoms with Crippen molar-refractivity contribution in [3.05, 3.63) is 35.9 Å². The molecule has 1 saturated heterocycles. The lowest BCUT2D eigenvalue weighted by Gasteiger charge is -2.32. The second-order valence-corrected chi connectivity index (χ2v) is 8.36. The zero-order valence-corrected chi connectivity index (χ0v) is 17.5. The first kappa shape index (κ1) is 21.9. The monoisotopic (exact) mass is 394 g/mol. The van der Waals surface area contributed by atoms with Gasteiger partial charge < -0.3 is 20.3 Å². The number of benzene rings is 1. The number of guanidine groups is 1. The quantitative estimate of drug-likeness (QED) is 0.466. The van der Waals surface area contributed by atoms with Gasteiger partial charge >= 0.3 is 0 Å². The normalized spacial score (nSPS) is 17.6. The Bertz CT molecular complexity index is 575. The lowest BCUT2D eigenvalue weighted by molar-refractivity contribution is 0.128. The maximum Gasteiger partial charge on any atom is 0.191 e. The van der Waals surface area contributed by atoms with Crippen molar-refractivity contribution < 1.29 is 8.95 Å². The Morgan fingerprint density at radius 1 is 1.30 bits per heavy atom. The second kappa shape index (κ2) is 12.9. The molecule has 1 fully saturated rings. The molecule has 0 aliphatic carbocycles. The third-order valence-electron chi connectivity index (χ3n) is 4.64. The van der Waals surface area contributed by atoms with E-state index >= 15 is 0 Å². The highest BCUT2D eigenvalue weighted by Crippen LogP contribution is 2.10. The van der Waals surface area contributed by atoms with Gasteiger partial charge in [-0.3, -0.25) is 9.20 Å². The Hall–Kier alpha value is -1.44. The number of rotatable bonds is 10. The van der Waals surface area contributed by atoms with Crippen LogP contribution in [0.25, 0.3) is 0 Å². The Labute approximate surface area is 166 Å². The molecule has 1 aliphatic heterocycles. The number of likely N-dealkylation sites (tertiary alicyclic amines) is 1. The molecule has 0 spiro atoms. The zero-order valence-electron chi connectivity index (χ0n) is 16.7. The van der Waals surface area contributed by atoms with E-state index in [0.717, 1.165) is 57.2 Å². The van der Waals surface area contributed by atoms with Crippen molar-refractivity contribution in [1.29, 1.82) is 0 Å². The predicted molar refractivity (Wildman–Crippen MR) is 114 cm³/mol. The Morgan fingerprint density at radius 2 is 2.04 bits per heavy atom. The largest absolute Gasteiger partial charge is 0.383 e. The van der Waals surface area contributed by atoms with Crippen LogP contribution in [-0.2, 0) is 21.3 Å². The van der Waals surface area contributed by atoms with E-state index in [1.54, 1.807) is 7.11 Å². The van der Waals surface area contributed by atoms with Crippen LogP contribution < -0.4 is 10.6 Å². The fraction of sp³-hybridized carbons (Fsp3) is 0.650. The minimum atomic E-state index is -0.887. The minimum absolute atomic E-state index is 0.441. The summed E-state index contributed by atoms with van der Waals surface area (Å²) in [5.41, 5.74) is 1.12. The van der Waals surface area contributed by atoms with E-state index in [1.807, 2.05) is 30.3 Å². The van der Waals surface area contributed by atoms with E-state index < -0.39 is 10.8 Å². The van der Waals surface area contributed by atoms with Crippen molar-refractivity contribution in [2.24, 2.45) is 4.99 Å². The van der Waals surface area contributed by atoms with Gasteiger partial charge in [0.15, 0.2) is 5.96 Å². The van der Waals surface area contributed by atoms with E-state index in [-0.39, 0.29) is 0 Å². The molecule has 0 radical (unpaired) electrons. The summed E-state index contributed by atoms with van der Waals surface area (Å²) in [5.74, 6) is 2.02. The summed E-state index contributed by atoms with van der Waals surface area (Å²) in [4.78, 5) is 7.07. The van der Waals surface area contributed by atoms with E-state index in [2.05, 4.69) is 27.4 Å². The topological polar surface area (TPSA) is 66.0 Å². The first-order valence-corrected chi connectivity index (χ1v) is 11.3. The summed E-state index contributed by atoms with van der Waals surface area (Å²) in [5, 5.41) is 6.84. The summed E-state index contributed by atoms with van der Waals surface area (Å²) < 4.78 is 17.4. The Balaban J connectivity index is 1.73. The smallest absolute Gasteiger partial charge is 0.191 e. The molecule has 27 heavy (non-hydrogen) atoms. The van der Waals surface area contributed by atoms with Crippen LogP contribution in [0.3, 0.4) is 0 Å². The fourth-order valence-corrected chi connectivity index (χ4v) is 4.13. The van der Waals surface area contributed by atoms with Gasteiger partial charge in [-0.05, 0) is 25.3 Å². The SMILES string of the molecule is CCNC(=NCCS(=O)Cc1ccccc1)NC1CCN(CCOC)CC1. The molecule has 1 aromatic carbocycles. The molecule has 2 rings (SSSR count). The number of nitrogens with one attached hydrogen (secondary N) is 2. The predicted octanol–water partition coefficient (Wildman–Crippen LogP) is 1.60. The maximum atomic E-state index is 12.2. The van der Waals surface area contributed by atoms with Crippen molar-refractivity contribution >= 4 is 16.8 Å². The van der Waals surface area contributed by atoms with Crippen LogP contribution in [0.2, 0.25) is 0 Å². The van der Waals surface area contributed by atoms with E-state index in [4.69, 9.17) is 4.74 Å². The van der Waals surface area contributed by atoms with Crippen LogP contribution in [0.4, 0.5) is 0 Å². The lowest BCUT2D eigenvalue weighted by Crippen LogP contribution is -2.49. The second-order valence-electron chi connectivity index (χ2n) is 6.79. The van der Waals surface area contributed by atoms with Crippen molar-refractivity contribution in [1.82, 2.24) is 15.5 Å². The number of hydrogen-bond acceptors (Lipinski definition) is 4. The molecule has 1 unspecified atom stereocenters. The molecular weight excluding hydrogens is 360 g/mol. The van der Waals surface area contributed by atoms with Crippen LogP contribution >= 0.6 is 0 Å².